The summed E-state index contributed by atoms with van der Waals surface area (Å²) in [6.45, 7) is 3.12. The minimum atomic E-state index is -0.930. The van der Waals surface area contributed by atoms with Gasteiger partial charge >= 0.3 is 0 Å². The summed E-state index contributed by atoms with van der Waals surface area (Å²) < 4.78 is 26.3. The molecule has 0 aromatic heterocycles. The van der Waals surface area contributed by atoms with Gasteiger partial charge in [-0.25, -0.2) is 8.78 Å². The molecule has 2 aromatic rings. The number of aromatic hydroxyl groups is 1. The van der Waals surface area contributed by atoms with Crippen LogP contribution >= 0.6 is 0 Å². The van der Waals surface area contributed by atoms with E-state index in [2.05, 4.69) is 17.4 Å². The highest BCUT2D eigenvalue weighted by atomic mass is 19.1. The number of benzene rings is 2. The van der Waals surface area contributed by atoms with Crippen LogP contribution in [0.25, 0.3) is 0 Å². The van der Waals surface area contributed by atoms with Gasteiger partial charge < -0.3 is 10.4 Å². The van der Waals surface area contributed by atoms with Crippen molar-refractivity contribution in [2.75, 3.05) is 6.54 Å². The number of aryl methyl sites for hydroxylation is 1. The fraction of sp³-hybridized carbons (Fsp3) is 0.250. The number of rotatable bonds is 5. The molecule has 2 nitrogen and oxygen atoms in total. The molecule has 0 saturated heterocycles. The van der Waals surface area contributed by atoms with Crippen molar-refractivity contribution in [1.82, 2.24) is 5.32 Å². The molecule has 0 atom stereocenters. The van der Waals surface area contributed by atoms with Crippen molar-refractivity contribution in [1.29, 1.82) is 0 Å². The predicted molar refractivity (Wildman–Crippen MR) is 74.6 cm³/mol. The van der Waals surface area contributed by atoms with Crippen LogP contribution in [-0.2, 0) is 13.0 Å². The van der Waals surface area contributed by atoms with E-state index in [0.717, 1.165) is 18.6 Å². The highest BCUT2D eigenvalue weighted by Crippen LogP contribution is 2.21. The molecule has 0 amide bonds. The Morgan fingerprint density at radius 3 is 2.40 bits per heavy atom. The second kappa shape index (κ2) is 6.48. The third-order valence-electron chi connectivity index (χ3n) is 3.08. The quantitative estimate of drug-likeness (QED) is 0.822. The van der Waals surface area contributed by atoms with E-state index >= 15 is 0 Å². The van der Waals surface area contributed by atoms with Gasteiger partial charge in [-0.05, 0) is 43.1 Å². The maximum absolute atomic E-state index is 13.1. The first-order valence-corrected chi connectivity index (χ1v) is 6.49. The van der Waals surface area contributed by atoms with E-state index in [1.54, 1.807) is 0 Å². The average molecular weight is 277 g/mol. The number of hydrogen-bond donors (Lipinski definition) is 2. The van der Waals surface area contributed by atoms with Gasteiger partial charge in [-0.15, -0.1) is 0 Å². The van der Waals surface area contributed by atoms with Gasteiger partial charge in [-0.1, -0.05) is 29.8 Å². The van der Waals surface area contributed by atoms with Crippen molar-refractivity contribution in [3.63, 3.8) is 0 Å². The maximum Gasteiger partial charge on any atom is 0.187 e. The Morgan fingerprint density at radius 1 is 1.05 bits per heavy atom. The molecule has 2 rings (SSSR count). The van der Waals surface area contributed by atoms with Crippen molar-refractivity contribution in [3.8, 4) is 5.75 Å². The lowest BCUT2D eigenvalue weighted by Gasteiger charge is -2.07. The largest absolute Gasteiger partial charge is 0.503 e. The molecule has 4 heteroatoms. The van der Waals surface area contributed by atoms with Crippen molar-refractivity contribution in [2.45, 2.75) is 19.9 Å². The molecule has 20 heavy (non-hydrogen) atoms. The Balaban J connectivity index is 1.84. The number of halogens is 2. The Morgan fingerprint density at radius 2 is 1.75 bits per heavy atom. The van der Waals surface area contributed by atoms with Gasteiger partial charge in [-0.2, -0.15) is 0 Å². The van der Waals surface area contributed by atoms with E-state index in [0.29, 0.717) is 18.7 Å². The minimum absolute atomic E-state index is 0.361. The van der Waals surface area contributed by atoms with Crippen molar-refractivity contribution in [2.24, 2.45) is 0 Å². The van der Waals surface area contributed by atoms with E-state index in [1.165, 1.54) is 11.1 Å². The molecule has 0 aliphatic carbocycles. The summed E-state index contributed by atoms with van der Waals surface area (Å²) >= 11 is 0. The lowest BCUT2D eigenvalue weighted by molar-refractivity contribution is 0.395. The summed E-state index contributed by atoms with van der Waals surface area (Å²) in [7, 11) is 0. The van der Waals surface area contributed by atoms with E-state index in [1.807, 2.05) is 19.1 Å². The van der Waals surface area contributed by atoms with Gasteiger partial charge in [0.25, 0.3) is 0 Å². The first-order valence-electron chi connectivity index (χ1n) is 6.49. The van der Waals surface area contributed by atoms with E-state index < -0.39 is 17.4 Å². The van der Waals surface area contributed by atoms with Crippen LogP contribution < -0.4 is 5.32 Å². The van der Waals surface area contributed by atoms with Crippen LogP contribution in [0.5, 0.6) is 5.75 Å². The topological polar surface area (TPSA) is 32.3 Å². The smallest absolute Gasteiger partial charge is 0.187 e. The highest BCUT2D eigenvalue weighted by Gasteiger charge is 2.08. The predicted octanol–water partition coefficient (Wildman–Crippen LogP) is 3.31. The first-order chi connectivity index (χ1) is 9.56. The molecular formula is C16H17F2NO. The van der Waals surface area contributed by atoms with Crippen LogP contribution in [0.1, 0.15) is 16.7 Å². The van der Waals surface area contributed by atoms with Crippen molar-refractivity contribution in [3.05, 3.63) is 64.7 Å². The second-order valence-electron chi connectivity index (χ2n) is 4.82. The molecule has 0 unspecified atom stereocenters. The molecule has 0 heterocycles. The van der Waals surface area contributed by atoms with Crippen molar-refractivity contribution < 1.29 is 13.9 Å². The number of phenolic OH excluding ortho intramolecular Hbond substituents is 1. The number of phenols is 1. The molecule has 0 saturated carbocycles. The Hall–Kier alpha value is -1.94. The van der Waals surface area contributed by atoms with Gasteiger partial charge in [0.05, 0.1) is 0 Å². The molecule has 0 bridgehead atoms. The van der Waals surface area contributed by atoms with Crippen LogP contribution in [0.2, 0.25) is 0 Å². The van der Waals surface area contributed by atoms with Gasteiger partial charge in [0, 0.05) is 6.54 Å². The Bertz CT molecular complexity index is 576. The van der Waals surface area contributed by atoms with E-state index in [4.69, 9.17) is 5.11 Å². The fourth-order valence-corrected chi connectivity index (χ4v) is 2.05. The SMILES string of the molecule is Cc1cccc(CCNCc2cc(F)c(O)c(F)c2)c1. The van der Waals surface area contributed by atoms with E-state index in [-0.39, 0.29) is 0 Å². The van der Waals surface area contributed by atoms with Crippen LogP contribution in [0, 0.1) is 18.6 Å². The van der Waals surface area contributed by atoms with Crippen LogP contribution in [0.3, 0.4) is 0 Å². The number of nitrogens with one attached hydrogen (secondary N) is 1. The monoisotopic (exact) mass is 277 g/mol. The standard InChI is InChI=1S/C16H17F2NO/c1-11-3-2-4-12(7-11)5-6-19-10-13-8-14(17)16(20)15(18)9-13/h2-4,7-9,19-20H,5-6,10H2,1H3. The molecule has 0 spiro atoms. The third kappa shape index (κ3) is 3.78. The van der Waals surface area contributed by atoms with Crippen LogP contribution in [0.15, 0.2) is 36.4 Å². The summed E-state index contributed by atoms with van der Waals surface area (Å²) in [6.07, 6.45) is 0.852. The lowest BCUT2D eigenvalue weighted by atomic mass is 10.1. The lowest BCUT2D eigenvalue weighted by Crippen LogP contribution is -2.17. The second-order valence-corrected chi connectivity index (χ2v) is 4.82. The molecule has 2 aromatic carbocycles. The molecule has 0 aliphatic heterocycles. The molecule has 0 radical (unpaired) electrons. The normalized spacial score (nSPS) is 10.8. The van der Waals surface area contributed by atoms with Gasteiger partial charge in [0.1, 0.15) is 0 Å². The fourth-order valence-electron chi connectivity index (χ4n) is 2.05. The summed E-state index contributed by atoms with van der Waals surface area (Å²) in [5.74, 6) is -2.78. The molecular weight excluding hydrogens is 260 g/mol. The van der Waals surface area contributed by atoms with Crippen molar-refractivity contribution >= 4 is 0 Å². The summed E-state index contributed by atoms with van der Waals surface area (Å²) in [4.78, 5) is 0. The summed E-state index contributed by atoms with van der Waals surface area (Å²) in [6, 6.07) is 10.5. The van der Waals surface area contributed by atoms with E-state index in [9.17, 15) is 8.78 Å². The zero-order valence-electron chi connectivity index (χ0n) is 11.3. The van der Waals surface area contributed by atoms with Gasteiger partial charge in [-0.3, -0.25) is 0 Å². The van der Waals surface area contributed by atoms with Crippen LogP contribution in [-0.4, -0.2) is 11.7 Å². The molecule has 106 valence electrons. The molecule has 0 fully saturated rings. The third-order valence-corrected chi connectivity index (χ3v) is 3.08. The number of hydrogen-bond acceptors (Lipinski definition) is 2. The zero-order chi connectivity index (χ0) is 14.5. The highest BCUT2D eigenvalue weighted by molar-refractivity contribution is 5.30. The summed E-state index contributed by atoms with van der Waals surface area (Å²) in [5, 5.41) is 12.1. The first kappa shape index (κ1) is 14.5. The maximum atomic E-state index is 13.1. The van der Waals surface area contributed by atoms with Crippen LogP contribution in [0.4, 0.5) is 8.78 Å². The minimum Gasteiger partial charge on any atom is -0.503 e. The molecule has 2 N–H and O–H groups in total. The summed E-state index contributed by atoms with van der Waals surface area (Å²) in [5.41, 5.74) is 2.91. The average Bonchev–Trinajstić information content (AvgIpc) is 2.41. The zero-order valence-corrected chi connectivity index (χ0v) is 11.3. The Labute approximate surface area is 117 Å². The van der Waals surface area contributed by atoms with Gasteiger partial charge in [0.2, 0.25) is 0 Å². The molecule has 0 aliphatic rings. The van der Waals surface area contributed by atoms with Gasteiger partial charge in [0.15, 0.2) is 17.4 Å². The Kier molecular flexibility index (Phi) is 4.69.